The Bertz CT molecular complexity index is 269. The summed E-state index contributed by atoms with van der Waals surface area (Å²) in [5.74, 6) is 0. The fourth-order valence-corrected chi connectivity index (χ4v) is 2.86. The van der Waals surface area contributed by atoms with Crippen molar-refractivity contribution >= 4 is 16.5 Å². The van der Waals surface area contributed by atoms with Gasteiger partial charge in [0, 0.05) is 12.6 Å². The molecule has 15 heavy (non-hydrogen) atoms. The number of nitrogens with zero attached hydrogens (tertiary/aromatic N) is 3. The van der Waals surface area contributed by atoms with Crippen LogP contribution in [-0.4, -0.2) is 29.3 Å². The van der Waals surface area contributed by atoms with Gasteiger partial charge in [-0.3, -0.25) is 0 Å². The average molecular weight is 226 g/mol. The number of hydrogen-bond donors (Lipinski definition) is 1. The Kier molecular flexibility index (Phi) is 3.91. The second-order valence-electron chi connectivity index (χ2n) is 4.00. The predicted octanol–water partition coefficient (Wildman–Crippen LogP) is 1.64. The maximum Gasteiger partial charge on any atom is 0.208 e. The highest BCUT2D eigenvalue weighted by molar-refractivity contribution is 7.13. The van der Waals surface area contributed by atoms with Crippen LogP contribution in [0, 0.1) is 0 Å². The van der Waals surface area contributed by atoms with Gasteiger partial charge in [-0.05, 0) is 25.8 Å². The number of hydrogen-bond acceptors (Lipinski definition) is 5. The summed E-state index contributed by atoms with van der Waals surface area (Å²) in [5.41, 5.74) is 7.37. The Morgan fingerprint density at radius 3 is 2.87 bits per heavy atom. The summed E-state index contributed by atoms with van der Waals surface area (Å²) < 4.78 is 0. The lowest BCUT2D eigenvalue weighted by molar-refractivity contribution is 0.590. The zero-order valence-corrected chi connectivity index (χ0v) is 9.75. The molecule has 84 valence electrons. The third-order valence-corrected chi connectivity index (χ3v) is 3.69. The third-order valence-electron chi connectivity index (χ3n) is 2.96. The van der Waals surface area contributed by atoms with E-state index in [0.717, 1.165) is 24.6 Å². The van der Waals surface area contributed by atoms with Gasteiger partial charge in [-0.25, -0.2) is 0 Å². The summed E-state index contributed by atoms with van der Waals surface area (Å²) in [6.45, 7) is 1.78. The highest BCUT2D eigenvalue weighted by atomic mass is 32.1. The SMILES string of the molecule is NCCCN(c1nncs1)C1CCCC1. The molecule has 5 heteroatoms. The van der Waals surface area contributed by atoms with Crippen molar-refractivity contribution in [3.8, 4) is 0 Å². The summed E-state index contributed by atoms with van der Waals surface area (Å²) >= 11 is 1.63. The van der Waals surface area contributed by atoms with Gasteiger partial charge in [-0.15, -0.1) is 10.2 Å². The van der Waals surface area contributed by atoms with Crippen molar-refractivity contribution in [1.29, 1.82) is 0 Å². The topological polar surface area (TPSA) is 55.0 Å². The van der Waals surface area contributed by atoms with Gasteiger partial charge in [0.15, 0.2) is 0 Å². The van der Waals surface area contributed by atoms with E-state index in [1.807, 2.05) is 0 Å². The summed E-state index contributed by atoms with van der Waals surface area (Å²) in [6.07, 6.45) is 6.33. The molecule has 1 aliphatic rings. The van der Waals surface area contributed by atoms with Crippen molar-refractivity contribution in [3.63, 3.8) is 0 Å². The van der Waals surface area contributed by atoms with Crippen LogP contribution in [-0.2, 0) is 0 Å². The molecule has 0 saturated heterocycles. The van der Waals surface area contributed by atoms with E-state index < -0.39 is 0 Å². The lowest BCUT2D eigenvalue weighted by Crippen LogP contribution is -2.35. The van der Waals surface area contributed by atoms with E-state index in [2.05, 4.69) is 15.1 Å². The van der Waals surface area contributed by atoms with Gasteiger partial charge in [0.25, 0.3) is 0 Å². The molecule has 2 N–H and O–H groups in total. The van der Waals surface area contributed by atoms with Crippen molar-refractivity contribution < 1.29 is 0 Å². The normalized spacial score (nSPS) is 17.1. The molecule has 4 nitrogen and oxygen atoms in total. The van der Waals surface area contributed by atoms with E-state index in [9.17, 15) is 0 Å². The molecule has 1 saturated carbocycles. The molecular weight excluding hydrogens is 208 g/mol. The Balaban J connectivity index is 2.01. The largest absolute Gasteiger partial charge is 0.344 e. The highest BCUT2D eigenvalue weighted by Crippen LogP contribution is 2.28. The molecule has 1 heterocycles. The van der Waals surface area contributed by atoms with E-state index >= 15 is 0 Å². The third kappa shape index (κ3) is 2.66. The van der Waals surface area contributed by atoms with Gasteiger partial charge in [0.1, 0.15) is 5.51 Å². The van der Waals surface area contributed by atoms with E-state index in [1.165, 1.54) is 25.7 Å². The summed E-state index contributed by atoms with van der Waals surface area (Å²) in [5, 5.41) is 9.15. The predicted molar refractivity (Wildman–Crippen MR) is 63.2 cm³/mol. The summed E-state index contributed by atoms with van der Waals surface area (Å²) in [4.78, 5) is 2.40. The second kappa shape index (κ2) is 5.42. The van der Waals surface area contributed by atoms with Crippen molar-refractivity contribution in [3.05, 3.63) is 5.51 Å². The zero-order chi connectivity index (χ0) is 10.5. The first-order valence-corrected chi connectivity index (χ1v) is 6.52. The fraction of sp³-hybridized carbons (Fsp3) is 0.800. The quantitative estimate of drug-likeness (QED) is 0.829. The zero-order valence-electron chi connectivity index (χ0n) is 8.93. The Labute approximate surface area is 94.5 Å². The number of nitrogens with two attached hydrogens (primary N) is 1. The van der Waals surface area contributed by atoms with Crippen LogP contribution in [0.2, 0.25) is 0 Å². The maximum atomic E-state index is 5.57. The van der Waals surface area contributed by atoms with Gasteiger partial charge < -0.3 is 10.6 Å². The molecule has 0 unspecified atom stereocenters. The molecule has 0 aliphatic heterocycles. The minimum Gasteiger partial charge on any atom is -0.344 e. The van der Waals surface area contributed by atoms with Gasteiger partial charge in [-0.1, -0.05) is 24.2 Å². The molecule has 1 aliphatic carbocycles. The molecule has 1 aromatic rings. The lowest BCUT2D eigenvalue weighted by atomic mass is 10.2. The van der Waals surface area contributed by atoms with Gasteiger partial charge in [-0.2, -0.15) is 0 Å². The lowest BCUT2D eigenvalue weighted by Gasteiger charge is -2.27. The molecule has 0 atom stereocenters. The van der Waals surface area contributed by atoms with E-state index in [1.54, 1.807) is 16.8 Å². The molecule has 0 radical (unpaired) electrons. The summed E-state index contributed by atoms with van der Waals surface area (Å²) in [7, 11) is 0. The van der Waals surface area contributed by atoms with Crippen LogP contribution in [0.5, 0.6) is 0 Å². The minimum atomic E-state index is 0.671. The second-order valence-corrected chi connectivity index (χ2v) is 4.81. The van der Waals surface area contributed by atoms with Crippen molar-refractivity contribution in [2.75, 3.05) is 18.0 Å². The molecule has 0 bridgehead atoms. The van der Waals surface area contributed by atoms with Crippen molar-refractivity contribution in [1.82, 2.24) is 10.2 Å². The molecule has 1 aromatic heterocycles. The van der Waals surface area contributed by atoms with Crippen LogP contribution in [0.1, 0.15) is 32.1 Å². The first kappa shape index (κ1) is 10.8. The van der Waals surface area contributed by atoms with Crippen LogP contribution in [0.4, 0.5) is 5.13 Å². The van der Waals surface area contributed by atoms with Crippen LogP contribution in [0.25, 0.3) is 0 Å². The first-order valence-electron chi connectivity index (χ1n) is 5.64. The standard InChI is InChI=1S/C10H18N4S/c11-6-3-7-14(9-4-1-2-5-9)10-13-12-8-15-10/h8-9H,1-7,11H2. The monoisotopic (exact) mass is 226 g/mol. The van der Waals surface area contributed by atoms with Crippen molar-refractivity contribution in [2.45, 2.75) is 38.1 Å². The fourth-order valence-electron chi connectivity index (χ4n) is 2.20. The van der Waals surface area contributed by atoms with E-state index in [0.29, 0.717) is 6.04 Å². The molecule has 1 fully saturated rings. The Hall–Kier alpha value is -0.680. The molecule has 0 amide bonds. The Morgan fingerprint density at radius 1 is 1.47 bits per heavy atom. The minimum absolute atomic E-state index is 0.671. The van der Waals surface area contributed by atoms with Gasteiger partial charge in [0.05, 0.1) is 0 Å². The number of aromatic nitrogens is 2. The number of rotatable bonds is 5. The van der Waals surface area contributed by atoms with Crippen LogP contribution in [0.3, 0.4) is 0 Å². The van der Waals surface area contributed by atoms with Crippen LogP contribution >= 0.6 is 11.3 Å². The van der Waals surface area contributed by atoms with E-state index in [-0.39, 0.29) is 0 Å². The van der Waals surface area contributed by atoms with E-state index in [4.69, 9.17) is 5.73 Å². The smallest absolute Gasteiger partial charge is 0.208 e. The first-order chi connectivity index (χ1) is 7.42. The maximum absolute atomic E-state index is 5.57. The molecular formula is C10H18N4S. The van der Waals surface area contributed by atoms with Crippen LogP contribution in [0.15, 0.2) is 5.51 Å². The molecule has 2 rings (SSSR count). The van der Waals surface area contributed by atoms with Crippen molar-refractivity contribution in [2.24, 2.45) is 5.73 Å². The van der Waals surface area contributed by atoms with Gasteiger partial charge in [0.2, 0.25) is 5.13 Å². The molecule has 0 spiro atoms. The molecule has 0 aromatic carbocycles. The Morgan fingerprint density at radius 2 is 2.27 bits per heavy atom. The highest BCUT2D eigenvalue weighted by Gasteiger charge is 2.24. The van der Waals surface area contributed by atoms with Gasteiger partial charge >= 0.3 is 0 Å². The number of anilines is 1. The van der Waals surface area contributed by atoms with Crippen LogP contribution < -0.4 is 10.6 Å². The average Bonchev–Trinajstić information content (AvgIpc) is 2.90. The summed E-state index contributed by atoms with van der Waals surface area (Å²) in [6, 6.07) is 0.671.